The Morgan fingerprint density at radius 2 is 2.20 bits per heavy atom. The van der Waals surface area contributed by atoms with E-state index in [0.717, 1.165) is 29.6 Å². The molecule has 1 amide bonds. The van der Waals surface area contributed by atoms with E-state index in [-0.39, 0.29) is 5.91 Å². The molecule has 1 aliphatic rings. The predicted octanol–water partition coefficient (Wildman–Crippen LogP) is 2.94. The summed E-state index contributed by atoms with van der Waals surface area (Å²) in [6.07, 6.45) is 3.62. The van der Waals surface area contributed by atoms with Crippen LogP contribution in [0.2, 0.25) is 0 Å². The molecule has 2 aromatic carbocycles. The van der Waals surface area contributed by atoms with Gasteiger partial charge in [-0.1, -0.05) is 18.2 Å². The largest absolute Gasteiger partial charge is 0.493 e. The number of ether oxygens (including phenoxy) is 1. The molecule has 25 heavy (non-hydrogen) atoms. The van der Waals surface area contributed by atoms with E-state index in [2.05, 4.69) is 16.4 Å². The van der Waals surface area contributed by atoms with Crippen LogP contribution in [0.15, 0.2) is 48.8 Å². The van der Waals surface area contributed by atoms with Crippen molar-refractivity contribution in [1.29, 1.82) is 0 Å². The summed E-state index contributed by atoms with van der Waals surface area (Å²) < 4.78 is 7.74. The van der Waals surface area contributed by atoms with Crippen molar-refractivity contribution in [3.8, 4) is 5.75 Å². The van der Waals surface area contributed by atoms with Gasteiger partial charge in [-0.25, -0.2) is 4.98 Å². The molecule has 1 atom stereocenters. The maximum absolute atomic E-state index is 12.5. The number of benzene rings is 2. The molecule has 4 rings (SSSR count). The molecule has 2 heterocycles. The van der Waals surface area contributed by atoms with Gasteiger partial charge in [0.05, 0.1) is 24.0 Å². The van der Waals surface area contributed by atoms with Crippen LogP contribution in [0.1, 0.15) is 22.3 Å². The lowest BCUT2D eigenvalue weighted by Crippen LogP contribution is -2.30. The van der Waals surface area contributed by atoms with Crippen molar-refractivity contribution in [3.05, 3.63) is 59.9 Å². The predicted molar refractivity (Wildman–Crippen MR) is 96.8 cm³/mol. The van der Waals surface area contributed by atoms with Gasteiger partial charge in [-0.15, -0.1) is 0 Å². The summed E-state index contributed by atoms with van der Waals surface area (Å²) in [6, 6.07) is 13.8. The Labute approximate surface area is 146 Å². The van der Waals surface area contributed by atoms with Gasteiger partial charge in [0.15, 0.2) is 0 Å². The molecule has 1 N–H and O–H groups in total. The quantitative estimate of drug-likeness (QED) is 0.801. The standard InChI is InChI=1S/C20H21N3O2/c1-23-13-22-17-11-16(6-7-18(17)23)20(24)21-12-14-8-9-25-19-5-3-2-4-15(19)10-14/h2-7,11,13-14H,8-10,12H2,1H3,(H,21,24)/t14-/m0/s1. The average Bonchev–Trinajstić information content (AvgIpc) is 2.88. The van der Waals surface area contributed by atoms with E-state index in [0.29, 0.717) is 24.6 Å². The van der Waals surface area contributed by atoms with E-state index in [1.54, 1.807) is 6.33 Å². The number of para-hydroxylation sites is 1. The summed E-state index contributed by atoms with van der Waals surface area (Å²) in [5, 5.41) is 3.07. The number of hydrogen-bond donors (Lipinski definition) is 1. The first-order valence-corrected chi connectivity index (χ1v) is 8.60. The van der Waals surface area contributed by atoms with Crippen LogP contribution in [0.3, 0.4) is 0 Å². The maximum Gasteiger partial charge on any atom is 0.251 e. The Morgan fingerprint density at radius 1 is 1.32 bits per heavy atom. The van der Waals surface area contributed by atoms with E-state index in [1.165, 1.54) is 5.56 Å². The molecule has 0 bridgehead atoms. The number of aromatic nitrogens is 2. The Kier molecular flexibility index (Phi) is 4.14. The Hall–Kier alpha value is -2.82. The first-order chi connectivity index (χ1) is 12.2. The van der Waals surface area contributed by atoms with Crippen LogP contribution in [0.4, 0.5) is 0 Å². The summed E-state index contributed by atoms with van der Waals surface area (Å²) in [5.74, 6) is 1.30. The van der Waals surface area contributed by atoms with Gasteiger partial charge in [0, 0.05) is 19.2 Å². The van der Waals surface area contributed by atoms with Crippen molar-refractivity contribution in [2.45, 2.75) is 12.8 Å². The molecule has 0 saturated heterocycles. The Morgan fingerprint density at radius 3 is 3.12 bits per heavy atom. The first kappa shape index (κ1) is 15.7. The van der Waals surface area contributed by atoms with E-state index < -0.39 is 0 Å². The number of carbonyl (C=O) groups excluding carboxylic acids is 1. The van der Waals surface area contributed by atoms with Gasteiger partial charge in [0.25, 0.3) is 5.91 Å². The molecule has 0 radical (unpaired) electrons. The third-order valence-corrected chi connectivity index (χ3v) is 4.80. The fraction of sp³-hybridized carbons (Fsp3) is 0.300. The molecule has 1 aliphatic heterocycles. The molecule has 3 aromatic rings. The molecule has 0 saturated carbocycles. The van der Waals surface area contributed by atoms with E-state index in [4.69, 9.17) is 4.74 Å². The minimum atomic E-state index is -0.0500. The third-order valence-electron chi connectivity index (χ3n) is 4.80. The minimum absolute atomic E-state index is 0.0500. The third kappa shape index (κ3) is 3.22. The molecule has 0 spiro atoms. The van der Waals surface area contributed by atoms with Crippen LogP contribution in [-0.2, 0) is 13.5 Å². The molecule has 5 heteroatoms. The average molecular weight is 335 g/mol. The molecular weight excluding hydrogens is 314 g/mol. The normalized spacial score (nSPS) is 16.8. The van der Waals surface area contributed by atoms with Crippen molar-refractivity contribution in [2.75, 3.05) is 13.2 Å². The molecule has 0 aliphatic carbocycles. The van der Waals surface area contributed by atoms with E-state index in [1.807, 2.05) is 48.0 Å². The Balaban J connectivity index is 1.42. The monoisotopic (exact) mass is 335 g/mol. The topological polar surface area (TPSA) is 56.2 Å². The zero-order valence-electron chi connectivity index (χ0n) is 14.2. The molecule has 128 valence electrons. The van der Waals surface area contributed by atoms with Gasteiger partial charge in [-0.3, -0.25) is 4.79 Å². The van der Waals surface area contributed by atoms with Crippen LogP contribution in [0.25, 0.3) is 11.0 Å². The molecular formula is C20H21N3O2. The molecule has 0 fully saturated rings. The van der Waals surface area contributed by atoms with Crippen molar-refractivity contribution in [1.82, 2.24) is 14.9 Å². The fourth-order valence-corrected chi connectivity index (χ4v) is 3.35. The van der Waals surface area contributed by atoms with Crippen LogP contribution in [0.5, 0.6) is 5.75 Å². The van der Waals surface area contributed by atoms with Crippen molar-refractivity contribution >= 4 is 16.9 Å². The number of nitrogens with zero attached hydrogens (tertiary/aromatic N) is 2. The number of hydrogen-bond acceptors (Lipinski definition) is 3. The summed E-state index contributed by atoms with van der Waals surface area (Å²) in [7, 11) is 1.95. The lowest BCUT2D eigenvalue weighted by molar-refractivity contribution is 0.0945. The molecule has 0 unspecified atom stereocenters. The lowest BCUT2D eigenvalue weighted by atomic mass is 9.97. The summed E-state index contributed by atoms with van der Waals surface area (Å²) in [6.45, 7) is 1.34. The number of rotatable bonds is 3. The number of nitrogens with one attached hydrogen (secondary N) is 1. The smallest absolute Gasteiger partial charge is 0.251 e. The zero-order valence-corrected chi connectivity index (χ0v) is 14.2. The van der Waals surface area contributed by atoms with Crippen molar-refractivity contribution in [3.63, 3.8) is 0 Å². The zero-order chi connectivity index (χ0) is 17.2. The van der Waals surface area contributed by atoms with Gasteiger partial charge < -0.3 is 14.6 Å². The van der Waals surface area contributed by atoms with Crippen molar-refractivity contribution in [2.24, 2.45) is 13.0 Å². The summed E-state index contributed by atoms with van der Waals surface area (Å²) in [5.41, 5.74) is 3.73. The highest BCUT2D eigenvalue weighted by Gasteiger charge is 2.18. The second kappa shape index (κ2) is 6.59. The van der Waals surface area contributed by atoms with Gasteiger partial charge in [0.1, 0.15) is 5.75 Å². The number of amides is 1. The second-order valence-electron chi connectivity index (χ2n) is 6.58. The lowest BCUT2D eigenvalue weighted by Gasteiger charge is -2.14. The van der Waals surface area contributed by atoms with Crippen LogP contribution >= 0.6 is 0 Å². The Bertz CT molecular complexity index is 916. The van der Waals surface area contributed by atoms with Gasteiger partial charge >= 0.3 is 0 Å². The van der Waals surface area contributed by atoms with E-state index in [9.17, 15) is 4.79 Å². The van der Waals surface area contributed by atoms with Gasteiger partial charge in [-0.2, -0.15) is 0 Å². The first-order valence-electron chi connectivity index (χ1n) is 8.60. The van der Waals surface area contributed by atoms with Gasteiger partial charge in [-0.05, 0) is 48.6 Å². The summed E-state index contributed by atoms with van der Waals surface area (Å²) >= 11 is 0. The highest BCUT2D eigenvalue weighted by atomic mass is 16.5. The number of aryl methyl sites for hydroxylation is 1. The maximum atomic E-state index is 12.5. The highest BCUT2D eigenvalue weighted by Crippen LogP contribution is 2.26. The number of imidazole rings is 1. The highest BCUT2D eigenvalue weighted by molar-refractivity contribution is 5.97. The van der Waals surface area contributed by atoms with Crippen LogP contribution < -0.4 is 10.1 Å². The van der Waals surface area contributed by atoms with Crippen LogP contribution in [-0.4, -0.2) is 28.6 Å². The van der Waals surface area contributed by atoms with Gasteiger partial charge in [0.2, 0.25) is 0 Å². The molecule has 1 aromatic heterocycles. The number of carbonyl (C=O) groups is 1. The van der Waals surface area contributed by atoms with Crippen LogP contribution in [0, 0.1) is 5.92 Å². The SMILES string of the molecule is Cn1cnc2cc(C(=O)NC[C@H]3CCOc4ccccc4C3)ccc21. The van der Waals surface area contributed by atoms with Crippen molar-refractivity contribution < 1.29 is 9.53 Å². The summed E-state index contributed by atoms with van der Waals surface area (Å²) in [4.78, 5) is 16.8. The minimum Gasteiger partial charge on any atom is -0.493 e. The number of fused-ring (bicyclic) bond motifs is 2. The van der Waals surface area contributed by atoms with E-state index >= 15 is 0 Å². The second-order valence-corrected chi connectivity index (χ2v) is 6.58. The molecule has 5 nitrogen and oxygen atoms in total. The fourth-order valence-electron chi connectivity index (χ4n) is 3.35.